The van der Waals surface area contributed by atoms with Crippen LogP contribution in [0.2, 0.25) is 19.1 Å². The predicted octanol–water partition coefficient (Wildman–Crippen LogP) is 3.42. The fourth-order valence-corrected chi connectivity index (χ4v) is 2.47. The lowest BCUT2D eigenvalue weighted by atomic mass is 10.2. The van der Waals surface area contributed by atoms with Crippen LogP contribution in [0.3, 0.4) is 0 Å². The van der Waals surface area contributed by atoms with E-state index in [1.807, 2.05) is 0 Å². The first-order chi connectivity index (χ1) is 5.02. The number of rotatable bonds is 5. The molecule has 1 nitrogen and oxygen atoms in total. The highest BCUT2D eigenvalue weighted by Gasteiger charge is 2.21. The molecule has 0 saturated carbocycles. The van der Waals surface area contributed by atoms with Crippen LogP contribution < -0.4 is 0 Å². The summed E-state index contributed by atoms with van der Waals surface area (Å²) in [6.07, 6.45) is 2.91. The maximum atomic E-state index is 5.97. The lowest BCUT2D eigenvalue weighted by Gasteiger charge is -2.25. The molecule has 2 heteroatoms. The van der Waals surface area contributed by atoms with Crippen molar-refractivity contribution in [2.45, 2.75) is 58.9 Å². The van der Waals surface area contributed by atoms with E-state index in [0.29, 0.717) is 6.10 Å². The average molecular weight is 174 g/mol. The number of hydrogen-bond donors (Lipinski definition) is 0. The van der Waals surface area contributed by atoms with Gasteiger partial charge in [-0.15, -0.1) is 0 Å². The van der Waals surface area contributed by atoms with Crippen LogP contribution >= 0.6 is 0 Å². The lowest BCUT2D eigenvalue weighted by Crippen LogP contribution is -2.33. The zero-order valence-electron chi connectivity index (χ0n) is 8.61. The van der Waals surface area contributed by atoms with Crippen LogP contribution in [0.15, 0.2) is 0 Å². The first-order valence-corrected chi connectivity index (χ1v) is 7.81. The third kappa shape index (κ3) is 5.45. The molecule has 0 aromatic heterocycles. The third-order valence-corrected chi connectivity index (χ3v) is 4.81. The van der Waals surface area contributed by atoms with Crippen LogP contribution in [-0.2, 0) is 4.43 Å². The van der Waals surface area contributed by atoms with Crippen LogP contribution in [0, 0.1) is 0 Å². The molecule has 0 bridgehead atoms. The van der Waals surface area contributed by atoms with E-state index < -0.39 is 8.32 Å². The normalized spacial score (nSPS) is 15.0. The lowest BCUT2D eigenvalue weighted by molar-refractivity contribution is 0.200. The summed E-state index contributed by atoms with van der Waals surface area (Å²) in [6, 6.07) is 1.22. The maximum absolute atomic E-state index is 5.97. The molecule has 0 radical (unpaired) electrons. The predicted molar refractivity (Wildman–Crippen MR) is 53.4 cm³/mol. The zero-order chi connectivity index (χ0) is 8.91. The first kappa shape index (κ1) is 11.2. The van der Waals surface area contributed by atoms with Crippen molar-refractivity contribution in [3.8, 4) is 0 Å². The summed E-state index contributed by atoms with van der Waals surface area (Å²) >= 11 is 0. The molecular weight excluding hydrogens is 152 g/mol. The second-order valence-electron chi connectivity index (χ2n) is 3.83. The molecule has 11 heavy (non-hydrogen) atoms. The van der Waals surface area contributed by atoms with Crippen LogP contribution in [0.4, 0.5) is 0 Å². The molecule has 1 unspecified atom stereocenters. The van der Waals surface area contributed by atoms with E-state index in [9.17, 15) is 0 Å². The minimum Gasteiger partial charge on any atom is -0.415 e. The molecule has 68 valence electrons. The van der Waals surface area contributed by atoms with E-state index in [4.69, 9.17) is 4.43 Å². The van der Waals surface area contributed by atoms with Gasteiger partial charge in [0.1, 0.15) is 0 Å². The molecule has 0 spiro atoms. The monoisotopic (exact) mass is 174 g/mol. The van der Waals surface area contributed by atoms with Crippen molar-refractivity contribution in [2.24, 2.45) is 0 Å². The molecule has 0 amide bonds. The topological polar surface area (TPSA) is 9.23 Å². The van der Waals surface area contributed by atoms with Gasteiger partial charge >= 0.3 is 0 Å². The van der Waals surface area contributed by atoms with E-state index in [-0.39, 0.29) is 0 Å². The van der Waals surface area contributed by atoms with E-state index in [2.05, 4.69) is 33.9 Å². The molecule has 0 aromatic rings. The van der Waals surface area contributed by atoms with Crippen LogP contribution in [0.25, 0.3) is 0 Å². The Balaban J connectivity index is 3.64. The Labute approximate surface area is 72.3 Å². The van der Waals surface area contributed by atoms with Gasteiger partial charge in [-0.1, -0.05) is 20.3 Å². The summed E-state index contributed by atoms with van der Waals surface area (Å²) in [5.74, 6) is 0. The molecule has 0 rings (SSSR count). The third-order valence-electron chi connectivity index (χ3n) is 2.07. The van der Waals surface area contributed by atoms with E-state index in [0.717, 1.165) is 0 Å². The molecule has 0 aliphatic heterocycles. The Morgan fingerprint density at radius 2 is 1.82 bits per heavy atom. The highest BCUT2D eigenvalue weighted by Crippen LogP contribution is 2.14. The highest BCUT2D eigenvalue weighted by molar-refractivity contribution is 6.71. The van der Waals surface area contributed by atoms with Gasteiger partial charge in [-0.2, -0.15) is 0 Å². The smallest absolute Gasteiger partial charge is 0.186 e. The van der Waals surface area contributed by atoms with Gasteiger partial charge in [-0.3, -0.25) is 0 Å². The Kier molecular flexibility index (Phi) is 5.02. The largest absolute Gasteiger partial charge is 0.415 e. The minimum absolute atomic E-state index is 0.474. The van der Waals surface area contributed by atoms with Gasteiger partial charge in [0.05, 0.1) is 0 Å². The summed E-state index contributed by atoms with van der Waals surface area (Å²) in [7, 11) is -1.28. The quantitative estimate of drug-likeness (QED) is 0.580. The summed E-state index contributed by atoms with van der Waals surface area (Å²) in [6.45, 7) is 11.2. The van der Waals surface area contributed by atoms with Gasteiger partial charge in [0.15, 0.2) is 8.32 Å². The van der Waals surface area contributed by atoms with Gasteiger partial charge in [-0.05, 0) is 32.5 Å². The summed E-state index contributed by atoms with van der Waals surface area (Å²) in [4.78, 5) is 0. The van der Waals surface area contributed by atoms with Gasteiger partial charge in [0.25, 0.3) is 0 Å². The standard InChI is InChI=1S/C9H22OSi/c1-6-8-9(3)10-11(4,5)7-2/h9H,6-8H2,1-5H3. The van der Waals surface area contributed by atoms with Crippen molar-refractivity contribution < 1.29 is 4.43 Å². The van der Waals surface area contributed by atoms with Crippen LogP contribution in [0.1, 0.15) is 33.6 Å². The molecule has 0 aliphatic rings. The molecule has 0 heterocycles. The van der Waals surface area contributed by atoms with E-state index >= 15 is 0 Å². The van der Waals surface area contributed by atoms with Crippen LogP contribution in [-0.4, -0.2) is 14.4 Å². The number of hydrogen-bond acceptors (Lipinski definition) is 1. The molecule has 0 N–H and O–H groups in total. The van der Waals surface area contributed by atoms with Crippen molar-refractivity contribution in [1.82, 2.24) is 0 Å². The van der Waals surface area contributed by atoms with Gasteiger partial charge < -0.3 is 4.43 Å². The van der Waals surface area contributed by atoms with Crippen molar-refractivity contribution >= 4 is 8.32 Å². The summed E-state index contributed by atoms with van der Waals surface area (Å²) < 4.78 is 5.97. The van der Waals surface area contributed by atoms with E-state index in [1.165, 1.54) is 18.9 Å². The molecular formula is C9H22OSi. The summed E-state index contributed by atoms with van der Waals surface area (Å²) in [5, 5.41) is 0. The Morgan fingerprint density at radius 3 is 2.18 bits per heavy atom. The zero-order valence-corrected chi connectivity index (χ0v) is 9.61. The van der Waals surface area contributed by atoms with Gasteiger partial charge in [0, 0.05) is 6.10 Å². The summed E-state index contributed by atoms with van der Waals surface area (Å²) in [5.41, 5.74) is 0. The molecule has 1 atom stereocenters. The van der Waals surface area contributed by atoms with Crippen molar-refractivity contribution in [3.05, 3.63) is 0 Å². The maximum Gasteiger partial charge on any atom is 0.186 e. The molecule has 0 aliphatic carbocycles. The Bertz CT molecular complexity index is 102. The van der Waals surface area contributed by atoms with Crippen molar-refractivity contribution in [3.63, 3.8) is 0 Å². The fourth-order valence-electron chi connectivity index (χ4n) is 1.09. The van der Waals surface area contributed by atoms with Crippen molar-refractivity contribution in [1.29, 1.82) is 0 Å². The average Bonchev–Trinajstić information content (AvgIpc) is 1.87. The van der Waals surface area contributed by atoms with E-state index in [1.54, 1.807) is 0 Å². The Morgan fingerprint density at radius 1 is 1.27 bits per heavy atom. The van der Waals surface area contributed by atoms with Crippen molar-refractivity contribution in [2.75, 3.05) is 0 Å². The fraction of sp³-hybridized carbons (Fsp3) is 1.00. The second-order valence-corrected chi connectivity index (χ2v) is 8.29. The minimum atomic E-state index is -1.28. The van der Waals surface area contributed by atoms with Gasteiger partial charge in [-0.25, -0.2) is 0 Å². The second kappa shape index (κ2) is 4.94. The van der Waals surface area contributed by atoms with Crippen LogP contribution in [0.5, 0.6) is 0 Å². The van der Waals surface area contributed by atoms with Gasteiger partial charge in [0.2, 0.25) is 0 Å². The molecule has 0 aromatic carbocycles. The highest BCUT2D eigenvalue weighted by atomic mass is 28.4. The SMILES string of the molecule is CCCC(C)O[Si](C)(C)CC. The molecule has 0 fully saturated rings. The Hall–Kier alpha value is 0.177. The molecule has 0 saturated heterocycles. The first-order valence-electron chi connectivity index (χ1n) is 4.69.